The third-order valence-electron chi connectivity index (χ3n) is 1.78. The molecule has 0 fully saturated rings. The Morgan fingerprint density at radius 2 is 2.44 bits per heavy atom. The Hall–Kier alpha value is -0.950. The molecule has 1 unspecified atom stereocenters. The number of hydrogen-bond acceptors (Lipinski definition) is 6. The van der Waals surface area contributed by atoms with Gasteiger partial charge in [0.1, 0.15) is 0 Å². The molecule has 5 nitrogen and oxygen atoms in total. The average Bonchev–Trinajstić information content (AvgIpc) is 2.71. The fraction of sp³-hybridized carbons (Fsp3) is 0.556. The Balaban J connectivity index is 2.35. The van der Waals surface area contributed by atoms with Gasteiger partial charge in [-0.05, 0) is 6.42 Å². The summed E-state index contributed by atoms with van der Waals surface area (Å²) in [7, 11) is 0.567. The number of aromatic nitrogens is 1. The van der Waals surface area contributed by atoms with Crippen LogP contribution in [0.15, 0.2) is 5.38 Å². The van der Waals surface area contributed by atoms with Crippen LogP contribution in [0.2, 0.25) is 0 Å². The van der Waals surface area contributed by atoms with Gasteiger partial charge in [-0.25, -0.2) is 9.78 Å². The first-order valence-electron chi connectivity index (χ1n) is 4.71. The van der Waals surface area contributed by atoms with Crippen LogP contribution in [0.25, 0.3) is 0 Å². The number of ether oxygens (including phenoxy) is 1. The van der Waals surface area contributed by atoms with Crippen molar-refractivity contribution in [2.75, 3.05) is 31.0 Å². The smallest absolute Gasteiger partial charge is 0.357 e. The Kier molecular flexibility index (Phi) is 5.41. The van der Waals surface area contributed by atoms with Crippen molar-refractivity contribution in [3.8, 4) is 0 Å². The van der Waals surface area contributed by atoms with Gasteiger partial charge in [0.25, 0.3) is 0 Å². The normalized spacial score (nSPS) is 12.1. The molecule has 0 saturated carbocycles. The summed E-state index contributed by atoms with van der Waals surface area (Å²) in [6.45, 7) is 0.702. The first kappa shape index (κ1) is 13.1. The number of anilines is 1. The molecule has 90 valence electrons. The second-order valence-electron chi connectivity index (χ2n) is 3.09. The van der Waals surface area contributed by atoms with E-state index < -0.39 is 16.8 Å². The van der Waals surface area contributed by atoms with Gasteiger partial charge in [-0.3, -0.25) is 4.21 Å². The van der Waals surface area contributed by atoms with Gasteiger partial charge in [0.05, 0.1) is 7.11 Å². The summed E-state index contributed by atoms with van der Waals surface area (Å²) in [5.74, 6) is 0.237. The van der Waals surface area contributed by atoms with E-state index in [0.717, 1.165) is 6.42 Å². The van der Waals surface area contributed by atoms with E-state index in [1.807, 2.05) is 0 Å². The van der Waals surface area contributed by atoms with E-state index in [2.05, 4.69) is 15.0 Å². The van der Waals surface area contributed by atoms with E-state index in [1.54, 1.807) is 11.6 Å². The van der Waals surface area contributed by atoms with Crippen molar-refractivity contribution in [3.05, 3.63) is 11.1 Å². The van der Waals surface area contributed by atoms with Gasteiger partial charge >= 0.3 is 5.97 Å². The Labute approximate surface area is 101 Å². The molecule has 1 atom stereocenters. The van der Waals surface area contributed by atoms with Crippen LogP contribution in [0.5, 0.6) is 0 Å². The number of thiazole rings is 1. The van der Waals surface area contributed by atoms with Crippen LogP contribution in [0, 0.1) is 0 Å². The van der Waals surface area contributed by atoms with Gasteiger partial charge in [0.15, 0.2) is 10.8 Å². The molecule has 0 aliphatic carbocycles. The lowest BCUT2D eigenvalue weighted by Gasteiger charge is -2.00. The SMILES string of the molecule is COC(=O)c1csc(NCCCS(C)=O)n1. The molecule has 0 bridgehead atoms. The molecule has 1 aromatic rings. The predicted octanol–water partition coefficient (Wildman–Crippen LogP) is 1.11. The maximum Gasteiger partial charge on any atom is 0.357 e. The lowest BCUT2D eigenvalue weighted by atomic mass is 10.5. The number of carbonyl (C=O) groups excluding carboxylic acids is 1. The molecule has 1 rings (SSSR count). The molecule has 0 aromatic carbocycles. The largest absolute Gasteiger partial charge is 0.464 e. The van der Waals surface area contributed by atoms with E-state index in [1.165, 1.54) is 18.4 Å². The van der Waals surface area contributed by atoms with E-state index in [4.69, 9.17) is 0 Å². The average molecular weight is 262 g/mol. The highest BCUT2D eigenvalue weighted by atomic mass is 32.2. The first-order chi connectivity index (χ1) is 7.63. The molecule has 1 heterocycles. The summed E-state index contributed by atoms with van der Waals surface area (Å²) in [5.41, 5.74) is 0.314. The van der Waals surface area contributed by atoms with Crippen LogP contribution < -0.4 is 5.32 Å². The minimum Gasteiger partial charge on any atom is -0.464 e. The zero-order chi connectivity index (χ0) is 12.0. The van der Waals surface area contributed by atoms with Crippen LogP contribution in [-0.4, -0.2) is 40.8 Å². The molecule has 1 aromatic heterocycles. The number of nitrogens with one attached hydrogen (secondary N) is 1. The predicted molar refractivity (Wildman–Crippen MR) is 65.5 cm³/mol. The Morgan fingerprint density at radius 3 is 3.06 bits per heavy atom. The van der Waals surface area contributed by atoms with Crippen molar-refractivity contribution in [1.82, 2.24) is 4.98 Å². The lowest BCUT2D eigenvalue weighted by Crippen LogP contribution is -2.06. The number of nitrogens with zero attached hydrogens (tertiary/aromatic N) is 1. The molecule has 0 spiro atoms. The molecule has 7 heteroatoms. The van der Waals surface area contributed by atoms with E-state index in [-0.39, 0.29) is 0 Å². The van der Waals surface area contributed by atoms with E-state index in [0.29, 0.717) is 23.1 Å². The highest BCUT2D eigenvalue weighted by Crippen LogP contribution is 2.15. The Morgan fingerprint density at radius 1 is 1.69 bits per heavy atom. The second-order valence-corrected chi connectivity index (χ2v) is 5.50. The lowest BCUT2D eigenvalue weighted by molar-refractivity contribution is 0.0595. The Bertz CT molecular complexity index is 379. The van der Waals surface area contributed by atoms with Gasteiger partial charge in [0.2, 0.25) is 0 Å². The van der Waals surface area contributed by atoms with Crippen molar-refractivity contribution in [1.29, 1.82) is 0 Å². The van der Waals surface area contributed by atoms with Crippen LogP contribution in [-0.2, 0) is 15.5 Å². The summed E-state index contributed by atoms with van der Waals surface area (Å²) >= 11 is 1.35. The number of esters is 1. The van der Waals surface area contributed by atoms with Crippen molar-refractivity contribution < 1.29 is 13.7 Å². The maximum absolute atomic E-state index is 11.1. The molecule has 0 radical (unpaired) electrons. The topological polar surface area (TPSA) is 68.3 Å². The van der Waals surface area contributed by atoms with Crippen molar-refractivity contribution in [2.24, 2.45) is 0 Å². The van der Waals surface area contributed by atoms with Gasteiger partial charge < -0.3 is 10.1 Å². The third kappa shape index (κ3) is 4.28. The molecule has 0 amide bonds. The third-order valence-corrected chi connectivity index (χ3v) is 3.45. The van der Waals surface area contributed by atoms with Gasteiger partial charge in [-0.1, -0.05) is 0 Å². The molecule has 0 aliphatic heterocycles. The summed E-state index contributed by atoms with van der Waals surface area (Å²) in [5, 5.41) is 5.39. The summed E-state index contributed by atoms with van der Waals surface area (Å²) in [4.78, 5) is 15.2. The van der Waals surface area contributed by atoms with E-state index in [9.17, 15) is 9.00 Å². The fourth-order valence-corrected chi connectivity index (χ4v) is 2.28. The highest BCUT2D eigenvalue weighted by molar-refractivity contribution is 7.84. The number of hydrogen-bond donors (Lipinski definition) is 1. The zero-order valence-corrected chi connectivity index (χ0v) is 10.8. The summed E-state index contributed by atoms with van der Waals surface area (Å²) < 4.78 is 15.3. The molecule has 1 N–H and O–H groups in total. The van der Waals surface area contributed by atoms with Gasteiger partial charge in [0, 0.05) is 34.7 Å². The molecular weight excluding hydrogens is 248 g/mol. The van der Waals surface area contributed by atoms with Crippen LogP contribution >= 0.6 is 11.3 Å². The first-order valence-corrected chi connectivity index (χ1v) is 7.32. The molecule has 0 saturated heterocycles. The minimum atomic E-state index is -0.758. The van der Waals surface area contributed by atoms with Crippen LogP contribution in [0.3, 0.4) is 0 Å². The van der Waals surface area contributed by atoms with Crippen molar-refractivity contribution >= 4 is 33.2 Å². The van der Waals surface area contributed by atoms with Gasteiger partial charge in [-0.15, -0.1) is 11.3 Å². The second kappa shape index (κ2) is 6.59. The highest BCUT2D eigenvalue weighted by Gasteiger charge is 2.09. The fourth-order valence-electron chi connectivity index (χ4n) is 1.02. The number of rotatable bonds is 6. The number of carbonyl (C=O) groups is 1. The van der Waals surface area contributed by atoms with Crippen LogP contribution in [0.4, 0.5) is 5.13 Å². The van der Waals surface area contributed by atoms with Gasteiger partial charge in [-0.2, -0.15) is 0 Å². The standard InChI is InChI=1S/C9H14N2O3S2/c1-14-8(12)7-6-15-9(11-7)10-4-3-5-16(2)13/h6H,3-5H2,1-2H3,(H,10,11). The monoisotopic (exact) mass is 262 g/mol. The molecule has 0 aliphatic rings. The maximum atomic E-state index is 11.1. The summed E-state index contributed by atoms with van der Waals surface area (Å²) in [6, 6.07) is 0. The van der Waals surface area contributed by atoms with E-state index >= 15 is 0 Å². The zero-order valence-electron chi connectivity index (χ0n) is 9.19. The van der Waals surface area contributed by atoms with Crippen molar-refractivity contribution in [2.45, 2.75) is 6.42 Å². The number of methoxy groups -OCH3 is 1. The van der Waals surface area contributed by atoms with Crippen molar-refractivity contribution in [3.63, 3.8) is 0 Å². The quantitative estimate of drug-likeness (QED) is 0.614. The summed E-state index contributed by atoms with van der Waals surface area (Å²) in [6.07, 6.45) is 2.50. The molecule has 16 heavy (non-hydrogen) atoms. The minimum absolute atomic E-state index is 0.314. The molecular formula is C9H14N2O3S2. The van der Waals surface area contributed by atoms with Crippen LogP contribution in [0.1, 0.15) is 16.9 Å².